The van der Waals surface area contributed by atoms with Gasteiger partial charge in [-0.1, -0.05) is 70.8 Å². The van der Waals surface area contributed by atoms with E-state index < -0.39 is 12.2 Å². The average molecular weight is 1110 g/mol. The molecule has 13 heteroatoms. The molecule has 2 radical (unpaired) electrons. The van der Waals surface area contributed by atoms with E-state index in [0.29, 0.717) is 0 Å². The first-order valence-electron chi connectivity index (χ1n) is 21.6. The second-order valence-corrected chi connectivity index (χ2v) is 16.7. The number of benzene rings is 4. The molecule has 0 bridgehead atoms. The van der Waals surface area contributed by atoms with Crippen LogP contribution in [0.25, 0.3) is 0 Å². The molecule has 5 N–H and O–H groups in total. The minimum absolute atomic E-state index is 0. The van der Waals surface area contributed by atoms with E-state index in [2.05, 4.69) is 196 Å². The molecule has 378 valence electrons. The van der Waals surface area contributed by atoms with Crippen molar-refractivity contribution in [1.29, 1.82) is 0 Å². The molecule has 2 aliphatic rings. The molecule has 0 aromatic heterocycles. The molecule has 2 unspecified atom stereocenters. The van der Waals surface area contributed by atoms with Crippen molar-refractivity contribution < 1.29 is 74.1 Å². The van der Waals surface area contributed by atoms with E-state index in [1.54, 1.807) is 13.8 Å². The summed E-state index contributed by atoms with van der Waals surface area (Å²) in [6, 6.07) is 18.0. The Bertz CT molecular complexity index is 1900. The number of nitrogens with zero attached hydrogens (tertiary/aromatic N) is 4. The SMILES string of the molecule is CC(O)=CC(C)O.CC(O)=CC(C)O.CO.Cc1cc(C)c(N2C=CN(c3c(C)cc(C)cc3C)C2)c(C)c1.Cc1cc(C)c(N2C=CN(c3c(C)cc(C)cc3C)[CH-]2)c(C)c1.[CH-]=O.[CH-]=O.[Rh+2].[Rh]. The zero-order valence-corrected chi connectivity index (χ0v) is 46.5. The molecule has 2 atom stereocenters. The number of aliphatic hydroxyl groups is 5. The summed E-state index contributed by atoms with van der Waals surface area (Å²) in [4.78, 5) is 24.7. The molecular weight excluding hydrogens is 1030 g/mol. The first-order chi connectivity index (χ1) is 31.0. The molecule has 4 aromatic carbocycles. The average Bonchev–Trinajstić information content (AvgIpc) is 3.86. The standard InChI is InChI=1S/C21H26N2.C21H25N2.2C5H10O2.CH4O.2CHO.2Rh/c2*1-14-9-16(3)20(17(4)10-14)22-7-8-23(13-22)21-18(5)11-15(2)12-19(21)6;2*1-4(6)3-5(2)7;3*1-2;;/h7-12H,13H2,1-6H3;7-13H,1-6H3;2*3-4,6-7H,1-2H3;2H,1H3;2*1H;;/q;-1;;;;2*-1;;+2. The fraction of sp³-hybridized carbons (Fsp3) is 0.364. The summed E-state index contributed by atoms with van der Waals surface area (Å²) in [6.07, 6.45) is 10.3. The number of hydrogen-bond acceptors (Lipinski definition) is 11. The predicted molar refractivity (Wildman–Crippen MR) is 278 cm³/mol. The fourth-order valence-electron chi connectivity index (χ4n) is 8.44. The van der Waals surface area contributed by atoms with E-state index in [1.165, 1.54) is 116 Å². The zero-order valence-electron chi connectivity index (χ0n) is 43.2. The Morgan fingerprint density at radius 3 is 0.868 bits per heavy atom. The van der Waals surface area contributed by atoms with Crippen LogP contribution in [0.4, 0.5) is 22.7 Å². The van der Waals surface area contributed by atoms with Crippen molar-refractivity contribution in [3.63, 3.8) is 0 Å². The maximum Gasteiger partial charge on any atom is 2.00 e. The van der Waals surface area contributed by atoms with Crippen molar-refractivity contribution in [3.05, 3.63) is 170 Å². The van der Waals surface area contributed by atoms with Crippen molar-refractivity contribution in [2.75, 3.05) is 33.4 Å². The van der Waals surface area contributed by atoms with Crippen LogP contribution in [0, 0.1) is 89.8 Å². The van der Waals surface area contributed by atoms with Gasteiger partial charge in [0, 0.05) is 61.7 Å². The predicted octanol–water partition coefficient (Wildman–Crippen LogP) is 11.5. The largest absolute Gasteiger partial charge is 2.00 e. The van der Waals surface area contributed by atoms with Crippen LogP contribution in [0.5, 0.6) is 0 Å². The summed E-state index contributed by atoms with van der Waals surface area (Å²) in [5, 5.41) is 40.8. The van der Waals surface area contributed by atoms with E-state index in [0.717, 1.165) is 13.8 Å². The summed E-state index contributed by atoms with van der Waals surface area (Å²) in [5.74, 6) is 0.324. The number of anilines is 4. The molecule has 11 nitrogen and oxygen atoms in total. The van der Waals surface area contributed by atoms with Crippen LogP contribution in [0.3, 0.4) is 0 Å². The van der Waals surface area contributed by atoms with Crippen LogP contribution in [0.1, 0.15) is 94.5 Å². The molecule has 0 spiro atoms. The quantitative estimate of drug-likeness (QED) is 0.0544. The van der Waals surface area contributed by atoms with Crippen molar-refractivity contribution in [2.24, 2.45) is 0 Å². The third kappa shape index (κ3) is 21.6. The zero-order chi connectivity index (χ0) is 51.2. The minimum Gasteiger partial charge on any atom is -0.545 e. The molecular formula is C55H77N4O7Rh2-. The van der Waals surface area contributed by atoms with Gasteiger partial charge in [0.2, 0.25) is 0 Å². The van der Waals surface area contributed by atoms with E-state index >= 15 is 0 Å². The Labute approximate surface area is 434 Å². The van der Waals surface area contributed by atoms with Gasteiger partial charge in [0.25, 0.3) is 0 Å². The Morgan fingerprint density at radius 2 is 0.691 bits per heavy atom. The topological polar surface area (TPSA) is 148 Å². The van der Waals surface area contributed by atoms with Gasteiger partial charge in [-0.2, -0.15) is 0 Å². The van der Waals surface area contributed by atoms with Crippen LogP contribution >= 0.6 is 0 Å². The summed E-state index contributed by atoms with van der Waals surface area (Å²) in [6.45, 7) is 41.9. The second-order valence-electron chi connectivity index (χ2n) is 16.7. The molecule has 0 aliphatic carbocycles. The first-order valence-corrected chi connectivity index (χ1v) is 21.6. The van der Waals surface area contributed by atoms with E-state index in [1.807, 2.05) is 0 Å². The van der Waals surface area contributed by atoms with Gasteiger partial charge in [0.15, 0.2) is 0 Å². The monoisotopic (exact) mass is 1110 g/mol. The Kier molecular flexibility index (Phi) is 33.3. The van der Waals surface area contributed by atoms with Gasteiger partial charge >= 0.3 is 19.5 Å². The summed E-state index contributed by atoms with van der Waals surface area (Å²) in [7, 11) is 1.00. The molecule has 6 rings (SSSR count). The summed E-state index contributed by atoms with van der Waals surface area (Å²) < 4.78 is 0. The van der Waals surface area contributed by atoms with Crippen molar-refractivity contribution in [2.45, 2.75) is 123 Å². The fourth-order valence-corrected chi connectivity index (χ4v) is 8.44. The molecule has 2 aliphatic heterocycles. The Balaban J connectivity index is -0.000000880. The van der Waals surface area contributed by atoms with Gasteiger partial charge in [0.1, 0.15) is 0 Å². The molecule has 0 saturated heterocycles. The number of rotatable bonds is 6. The van der Waals surface area contributed by atoms with Crippen LogP contribution in [-0.2, 0) is 48.5 Å². The van der Waals surface area contributed by atoms with Gasteiger partial charge in [-0.25, -0.2) is 0 Å². The van der Waals surface area contributed by atoms with Crippen LogP contribution < -0.4 is 19.6 Å². The number of hydrogen-bond donors (Lipinski definition) is 5. The van der Waals surface area contributed by atoms with Gasteiger partial charge in [-0.3, -0.25) is 13.6 Å². The van der Waals surface area contributed by atoms with Crippen molar-refractivity contribution in [3.8, 4) is 0 Å². The third-order valence-corrected chi connectivity index (χ3v) is 9.97. The van der Waals surface area contributed by atoms with Crippen molar-refractivity contribution >= 4 is 36.3 Å². The van der Waals surface area contributed by atoms with Crippen LogP contribution in [0.15, 0.2) is 97.0 Å². The molecule has 2 heterocycles. The number of allylic oxidation sites excluding steroid dienone is 2. The molecule has 4 aromatic rings. The number of carbonyl (C=O) groups excluding carboxylic acids is 2. The number of aliphatic hydroxyl groups excluding tert-OH is 5. The number of aryl methyl sites for hydroxylation is 12. The van der Waals surface area contributed by atoms with Gasteiger partial charge in [-0.15, -0.1) is 6.67 Å². The molecule has 0 saturated carbocycles. The van der Waals surface area contributed by atoms with Crippen LogP contribution in [0.2, 0.25) is 0 Å². The van der Waals surface area contributed by atoms with Crippen molar-refractivity contribution in [1.82, 2.24) is 0 Å². The van der Waals surface area contributed by atoms with Gasteiger partial charge in [0.05, 0.1) is 30.4 Å². The maximum absolute atomic E-state index is 8.49. The summed E-state index contributed by atoms with van der Waals surface area (Å²) >= 11 is 0. The second kappa shape index (κ2) is 33.6. The Morgan fingerprint density at radius 1 is 0.485 bits per heavy atom. The van der Waals surface area contributed by atoms with E-state index in [4.69, 9.17) is 35.1 Å². The van der Waals surface area contributed by atoms with Gasteiger partial charge in [-0.05, 0) is 180 Å². The van der Waals surface area contributed by atoms with E-state index in [9.17, 15) is 0 Å². The molecule has 0 amide bonds. The third-order valence-electron chi connectivity index (χ3n) is 9.97. The first kappa shape index (κ1) is 67.4. The minimum atomic E-state index is -0.537. The normalized spacial score (nSPS) is 13.1. The maximum atomic E-state index is 8.49. The van der Waals surface area contributed by atoms with E-state index in [-0.39, 0.29) is 50.5 Å². The smallest absolute Gasteiger partial charge is 0.545 e. The van der Waals surface area contributed by atoms with Crippen LogP contribution in [-0.4, -0.2) is 65.1 Å². The Hall–Kier alpha value is -4.89. The van der Waals surface area contributed by atoms with Gasteiger partial charge < -0.3 is 54.7 Å². The molecule has 68 heavy (non-hydrogen) atoms. The molecule has 0 fully saturated rings. The summed E-state index contributed by atoms with van der Waals surface area (Å²) in [5.41, 5.74) is 21.1.